The van der Waals surface area contributed by atoms with E-state index in [-0.39, 0.29) is 23.3 Å². The van der Waals surface area contributed by atoms with Crippen molar-refractivity contribution in [3.8, 4) is 0 Å². The van der Waals surface area contributed by atoms with Gasteiger partial charge < -0.3 is 5.32 Å². The van der Waals surface area contributed by atoms with Crippen LogP contribution in [-0.4, -0.2) is 10.9 Å². The number of carbonyl (C=O) groups is 1. The summed E-state index contributed by atoms with van der Waals surface area (Å²) in [5, 5.41) is 6.33. The molecule has 0 aliphatic carbocycles. The molecule has 2 heterocycles. The van der Waals surface area contributed by atoms with E-state index in [1.165, 1.54) is 0 Å². The molecule has 2 aromatic rings. The number of hydrogen-bond acceptors (Lipinski definition) is 3. The van der Waals surface area contributed by atoms with E-state index in [1.54, 1.807) is 11.3 Å². The van der Waals surface area contributed by atoms with Gasteiger partial charge in [-0.05, 0) is 5.56 Å². The molecule has 1 aromatic carbocycles. The monoisotopic (exact) mass is 300 g/mol. The molecule has 2 unspecified atom stereocenters. The van der Waals surface area contributed by atoms with Crippen LogP contribution in [0.3, 0.4) is 0 Å². The van der Waals surface area contributed by atoms with Crippen molar-refractivity contribution in [2.24, 2.45) is 0 Å². The molecule has 1 aliphatic rings. The van der Waals surface area contributed by atoms with Crippen LogP contribution >= 0.6 is 11.3 Å². The van der Waals surface area contributed by atoms with Gasteiger partial charge >= 0.3 is 0 Å². The standard InChI is InChI=1S/C17H20N2OS/c1-17(2,3)16-18-13(10-21-16)12-9-14(20)19-15(12)11-7-5-4-6-8-11/h4-8,10,12,15H,9H2,1-3H3,(H,19,20). The number of carbonyl (C=O) groups excluding carboxylic acids is 1. The van der Waals surface area contributed by atoms with Crippen LogP contribution in [0, 0.1) is 0 Å². The second-order valence-electron chi connectivity index (χ2n) is 6.59. The zero-order chi connectivity index (χ0) is 15.0. The van der Waals surface area contributed by atoms with Gasteiger partial charge in [-0.25, -0.2) is 4.98 Å². The second-order valence-corrected chi connectivity index (χ2v) is 7.45. The van der Waals surface area contributed by atoms with E-state index in [0.29, 0.717) is 6.42 Å². The summed E-state index contributed by atoms with van der Waals surface area (Å²) in [6.07, 6.45) is 0.521. The zero-order valence-corrected chi connectivity index (χ0v) is 13.4. The van der Waals surface area contributed by atoms with Gasteiger partial charge in [-0.3, -0.25) is 4.79 Å². The molecular formula is C17H20N2OS. The average Bonchev–Trinajstić information content (AvgIpc) is 3.05. The van der Waals surface area contributed by atoms with Gasteiger partial charge in [0.15, 0.2) is 0 Å². The van der Waals surface area contributed by atoms with E-state index in [4.69, 9.17) is 4.98 Å². The highest BCUT2D eigenvalue weighted by molar-refractivity contribution is 7.09. The largest absolute Gasteiger partial charge is 0.349 e. The Hall–Kier alpha value is -1.68. The number of hydrogen-bond donors (Lipinski definition) is 1. The molecule has 0 radical (unpaired) electrons. The molecule has 0 spiro atoms. The highest BCUT2D eigenvalue weighted by atomic mass is 32.1. The molecule has 1 N–H and O–H groups in total. The van der Waals surface area contributed by atoms with Crippen LogP contribution in [0.2, 0.25) is 0 Å². The summed E-state index contributed by atoms with van der Waals surface area (Å²) in [6, 6.07) is 10.2. The van der Waals surface area contributed by atoms with Crippen LogP contribution in [0.4, 0.5) is 0 Å². The Bertz CT molecular complexity index is 642. The van der Waals surface area contributed by atoms with Gasteiger partial charge in [0.2, 0.25) is 5.91 Å². The summed E-state index contributed by atoms with van der Waals surface area (Å²) in [7, 11) is 0. The third kappa shape index (κ3) is 2.86. The van der Waals surface area contributed by atoms with E-state index in [0.717, 1.165) is 16.3 Å². The third-order valence-electron chi connectivity index (χ3n) is 3.83. The number of nitrogens with one attached hydrogen (secondary N) is 1. The van der Waals surface area contributed by atoms with Gasteiger partial charge in [0.05, 0.1) is 16.7 Å². The number of rotatable bonds is 2. The van der Waals surface area contributed by atoms with Gasteiger partial charge in [0.1, 0.15) is 0 Å². The maximum absolute atomic E-state index is 11.9. The minimum absolute atomic E-state index is 0.0358. The molecule has 1 aliphatic heterocycles. The fraction of sp³-hybridized carbons (Fsp3) is 0.412. The number of thiazole rings is 1. The van der Waals surface area contributed by atoms with E-state index in [2.05, 4.69) is 43.6 Å². The maximum Gasteiger partial charge on any atom is 0.221 e. The molecule has 110 valence electrons. The van der Waals surface area contributed by atoms with Crippen molar-refractivity contribution in [3.05, 3.63) is 52.0 Å². The first-order valence-corrected chi connectivity index (χ1v) is 8.13. The first-order chi connectivity index (χ1) is 9.95. The van der Waals surface area contributed by atoms with Crippen LogP contribution < -0.4 is 5.32 Å². The lowest BCUT2D eigenvalue weighted by atomic mass is 9.91. The van der Waals surface area contributed by atoms with Crippen molar-refractivity contribution in [1.29, 1.82) is 0 Å². The van der Waals surface area contributed by atoms with Crippen LogP contribution in [0.25, 0.3) is 0 Å². The molecule has 1 aromatic heterocycles. The molecule has 21 heavy (non-hydrogen) atoms. The Morgan fingerprint density at radius 3 is 2.57 bits per heavy atom. The molecule has 0 saturated carbocycles. The topological polar surface area (TPSA) is 42.0 Å². The Morgan fingerprint density at radius 2 is 1.95 bits per heavy atom. The Balaban J connectivity index is 1.93. The summed E-state index contributed by atoms with van der Waals surface area (Å²) < 4.78 is 0. The van der Waals surface area contributed by atoms with Crippen molar-refractivity contribution >= 4 is 17.2 Å². The van der Waals surface area contributed by atoms with Crippen molar-refractivity contribution < 1.29 is 4.79 Å². The number of aromatic nitrogens is 1. The van der Waals surface area contributed by atoms with Crippen LogP contribution in [-0.2, 0) is 10.2 Å². The Labute approximate surface area is 129 Å². The number of nitrogens with zero attached hydrogens (tertiary/aromatic N) is 1. The second kappa shape index (κ2) is 5.26. The minimum Gasteiger partial charge on any atom is -0.349 e. The first-order valence-electron chi connectivity index (χ1n) is 7.25. The Kier molecular flexibility index (Phi) is 3.57. The van der Waals surface area contributed by atoms with Crippen LogP contribution in [0.1, 0.15) is 55.4 Å². The normalized spacial score (nSPS) is 22.3. The summed E-state index contributed by atoms with van der Waals surface area (Å²) in [4.78, 5) is 16.7. The maximum atomic E-state index is 11.9. The van der Waals surface area contributed by atoms with E-state index >= 15 is 0 Å². The molecule has 4 heteroatoms. The predicted molar refractivity (Wildman–Crippen MR) is 85.5 cm³/mol. The SMILES string of the molecule is CC(C)(C)c1nc(C2CC(=O)NC2c2ccccc2)cs1. The third-order valence-corrected chi connectivity index (χ3v) is 5.11. The van der Waals surface area contributed by atoms with E-state index < -0.39 is 0 Å². The molecule has 1 amide bonds. The summed E-state index contributed by atoms with van der Waals surface area (Å²) in [5.41, 5.74) is 2.25. The highest BCUT2D eigenvalue weighted by Crippen LogP contribution is 2.39. The van der Waals surface area contributed by atoms with Crippen LogP contribution in [0.15, 0.2) is 35.7 Å². The van der Waals surface area contributed by atoms with Crippen molar-refractivity contribution in [2.45, 2.75) is 44.6 Å². The van der Waals surface area contributed by atoms with E-state index in [9.17, 15) is 4.79 Å². The summed E-state index contributed by atoms with van der Waals surface area (Å²) in [6.45, 7) is 6.51. The average molecular weight is 300 g/mol. The molecule has 3 nitrogen and oxygen atoms in total. The lowest BCUT2D eigenvalue weighted by Gasteiger charge is -2.18. The Morgan fingerprint density at radius 1 is 1.24 bits per heavy atom. The lowest BCUT2D eigenvalue weighted by Crippen LogP contribution is -2.20. The molecule has 1 saturated heterocycles. The van der Waals surface area contributed by atoms with Crippen molar-refractivity contribution in [3.63, 3.8) is 0 Å². The van der Waals surface area contributed by atoms with Crippen molar-refractivity contribution in [1.82, 2.24) is 10.3 Å². The fourth-order valence-corrected chi connectivity index (χ4v) is 3.67. The van der Waals surface area contributed by atoms with Gasteiger partial charge in [0.25, 0.3) is 0 Å². The van der Waals surface area contributed by atoms with Crippen LogP contribution in [0.5, 0.6) is 0 Å². The van der Waals surface area contributed by atoms with Gasteiger partial charge in [-0.2, -0.15) is 0 Å². The van der Waals surface area contributed by atoms with Gasteiger partial charge in [0, 0.05) is 23.1 Å². The molecular weight excluding hydrogens is 280 g/mol. The first kappa shape index (κ1) is 14.3. The zero-order valence-electron chi connectivity index (χ0n) is 12.6. The minimum atomic E-state index is 0.0358. The molecule has 1 fully saturated rings. The molecule has 3 rings (SSSR count). The van der Waals surface area contributed by atoms with Crippen molar-refractivity contribution in [2.75, 3.05) is 0 Å². The van der Waals surface area contributed by atoms with Gasteiger partial charge in [-0.15, -0.1) is 11.3 Å². The smallest absolute Gasteiger partial charge is 0.221 e. The fourth-order valence-electron chi connectivity index (χ4n) is 2.70. The number of amides is 1. The molecule has 2 atom stereocenters. The van der Waals surface area contributed by atoms with E-state index in [1.807, 2.05) is 18.2 Å². The number of benzene rings is 1. The highest BCUT2D eigenvalue weighted by Gasteiger charge is 2.36. The lowest BCUT2D eigenvalue weighted by molar-refractivity contribution is -0.119. The van der Waals surface area contributed by atoms with Gasteiger partial charge in [-0.1, -0.05) is 51.1 Å². The summed E-state index contributed by atoms with van der Waals surface area (Å²) >= 11 is 1.69. The predicted octanol–water partition coefficient (Wildman–Crippen LogP) is 3.79. The summed E-state index contributed by atoms with van der Waals surface area (Å²) in [5.74, 6) is 0.242. The quantitative estimate of drug-likeness (QED) is 0.917. The molecule has 0 bridgehead atoms.